The minimum absolute atomic E-state index is 0.0747. The lowest BCUT2D eigenvalue weighted by Crippen LogP contribution is -2.49. The molecule has 4 rings (SSSR count). The Hall–Kier alpha value is -2.41. The zero-order chi connectivity index (χ0) is 20.4. The average Bonchev–Trinajstić information content (AvgIpc) is 3.08. The third-order valence-corrected chi connectivity index (χ3v) is 7.33. The molecule has 2 aromatic rings. The number of ether oxygens (including phenoxy) is 2. The first kappa shape index (κ1) is 19.9. The maximum Gasteiger partial charge on any atom is 0.243 e. The molecular weight excluding hydrogens is 386 g/mol. The molecule has 0 spiro atoms. The molecule has 6 heteroatoms. The van der Waals surface area contributed by atoms with Crippen molar-refractivity contribution in [3.63, 3.8) is 0 Å². The number of aryl methyl sites for hydroxylation is 1. The Morgan fingerprint density at radius 3 is 2.59 bits per heavy atom. The van der Waals surface area contributed by atoms with Crippen LogP contribution in [0.25, 0.3) is 0 Å². The largest absolute Gasteiger partial charge is 0.494 e. The van der Waals surface area contributed by atoms with Crippen LogP contribution in [0.1, 0.15) is 11.1 Å². The molecule has 0 aliphatic carbocycles. The van der Waals surface area contributed by atoms with E-state index in [9.17, 15) is 8.42 Å². The monoisotopic (exact) mass is 411 g/mol. The van der Waals surface area contributed by atoms with Crippen LogP contribution in [0, 0.1) is 12.8 Å². The predicted octanol–water partition coefficient (Wildman–Crippen LogP) is 3.67. The lowest BCUT2D eigenvalue weighted by Gasteiger charge is -2.35. The molecule has 0 N–H and O–H groups in total. The van der Waals surface area contributed by atoms with Gasteiger partial charge in [-0.15, -0.1) is 0 Å². The first-order valence-electron chi connectivity index (χ1n) is 9.67. The van der Waals surface area contributed by atoms with Crippen molar-refractivity contribution in [3.05, 3.63) is 90.2 Å². The quantitative estimate of drug-likeness (QED) is 0.681. The molecule has 0 bridgehead atoms. The van der Waals surface area contributed by atoms with Gasteiger partial charge in [0.15, 0.2) is 0 Å². The van der Waals surface area contributed by atoms with Crippen molar-refractivity contribution < 1.29 is 17.9 Å². The van der Waals surface area contributed by atoms with E-state index in [2.05, 4.69) is 6.58 Å². The van der Waals surface area contributed by atoms with E-state index in [0.717, 1.165) is 16.7 Å². The summed E-state index contributed by atoms with van der Waals surface area (Å²) in [7, 11) is -3.67. The highest BCUT2D eigenvalue weighted by atomic mass is 32.2. The molecule has 3 atom stereocenters. The van der Waals surface area contributed by atoms with Gasteiger partial charge >= 0.3 is 0 Å². The van der Waals surface area contributed by atoms with Crippen LogP contribution in [0.4, 0.5) is 0 Å². The number of rotatable bonds is 6. The van der Waals surface area contributed by atoms with E-state index in [-0.39, 0.29) is 23.4 Å². The third kappa shape index (κ3) is 4.01. The van der Waals surface area contributed by atoms with Crippen LogP contribution < -0.4 is 0 Å². The van der Waals surface area contributed by atoms with Gasteiger partial charge in [0.2, 0.25) is 10.0 Å². The molecule has 0 saturated carbocycles. The Labute approximate surface area is 172 Å². The standard InChI is InChI=1S/C23H25NO4S/c1-17-8-10-20(11-9-17)29(25,26)24-14-18(2)21-12-13-28-22(23(21)24)16-27-15-19-6-4-3-5-7-19/h3-13,21-23H,2,14-16H2,1H3/t21-,22-,23+/m1/s1. The fourth-order valence-corrected chi connectivity index (χ4v) is 5.58. The minimum atomic E-state index is -3.67. The zero-order valence-corrected chi connectivity index (χ0v) is 17.2. The average molecular weight is 412 g/mol. The first-order chi connectivity index (χ1) is 14.0. The van der Waals surface area contributed by atoms with Crippen molar-refractivity contribution in [1.29, 1.82) is 0 Å². The molecular formula is C23H25NO4S. The fourth-order valence-electron chi connectivity index (χ4n) is 3.91. The van der Waals surface area contributed by atoms with Gasteiger partial charge in [-0.3, -0.25) is 0 Å². The Morgan fingerprint density at radius 2 is 1.86 bits per heavy atom. The van der Waals surface area contributed by atoms with Crippen molar-refractivity contribution in [2.45, 2.75) is 30.6 Å². The van der Waals surface area contributed by atoms with Crippen LogP contribution in [-0.2, 0) is 26.1 Å². The summed E-state index contributed by atoms with van der Waals surface area (Å²) in [5, 5.41) is 0. The van der Waals surface area contributed by atoms with E-state index in [1.165, 1.54) is 4.31 Å². The summed E-state index contributed by atoms with van der Waals surface area (Å²) in [6.45, 7) is 7.09. The van der Waals surface area contributed by atoms with Gasteiger partial charge in [0, 0.05) is 12.5 Å². The highest BCUT2D eigenvalue weighted by Crippen LogP contribution is 2.39. The van der Waals surface area contributed by atoms with Crippen LogP contribution in [0.3, 0.4) is 0 Å². The van der Waals surface area contributed by atoms with Crippen molar-refractivity contribution in [2.24, 2.45) is 5.92 Å². The highest BCUT2D eigenvalue weighted by Gasteiger charge is 2.48. The molecule has 2 aliphatic heterocycles. The van der Waals surface area contributed by atoms with Crippen molar-refractivity contribution in [3.8, 4) is 0 Å². The van der Waals surface area contributed by atoms with E-state index in [1.807, 2.05) is 55.5 Å². The van der Waals surface area contributed by atoms with Crippen molar-refractivity contribution in [1.82, 2.24) is 4.31 Å². The van der Waals surface area contributed by atoms with Crippen LogP contribution in [0.2, 0.25) is 0 Å². The lowest BCUT2D eigenvalue weighted by molar-refractivity contribution is -0.0205. The summed E-state index contributed by atoms with van der Waals surface area (Å²) in [6, 6.07) is 16.4. The number of hydrogen-bond acceptors (Lipinski definition) is 4. The Bertz CT molecular complexity index is 999. The van der Waals surface area contributed by atoms with Gasteiger partial charge in [-0.05, 0) is 30.7 Å². The summed E-state index contributed by atoms with van der Waals surface area (Å²) in [5.41, 5.74) is 2.96. The van der Waals surface area contributed by atoms with Crippen molar-refractivity contribution >= 4 is 10.0 Å². The summed E-state index contributed by atoms with van der Waals surface area (Å²) in [6.07, 6.45) is 3.14. The molecule has 5 nitrogen and oxygen atoms in total. The number of nitrogens with zero attached hydrogens (tertiary/aromatic N) is 1. The second kappa shape index (κ2) is 8.14. The molecule has 2 aromatic carbocycles. The highest BCUT2D eigenvalue weighted by molar-refractivity contribution is 7.89. The normalized spacial score (nSPS) is 24.3. The third-order valence-electron chi connectivity index (χ3n) is 5.47. The van der Waals surface area contributed by atoms with E-state index in [1.54, 1.807) is 18.4 Å². The van der Waals surface area contributed by atoms with E-state index in [0.29, 0.717) is 13.2 Å². The van der Waals surface area contributed by atoms with Gasteiger partial charge in [-0.1, -0.05) is 60.2 Å². The predicted molar refractivity (Wildman–Crippen MR) is 112 cm³/mol. The molecule has 0 radical (unpaired) electrons. The molecule has 152 valence electrons. The Kier molecular flexibility index (Phi) is 5.58. The van der Waals surface area contributed by atoms with Gasteiger partial charge in [0.05, 0.1) is 30.4 Å². The van der Waals surface area contributed by atoms with Crippen LogP contribution in [-0.4, -0.2) is 38.0 Å². The van der Waals surface area contributed by atoms with Crippen molar-refractivity contribution in [2.75, 3.05) is 13.2 Å². The summed E-state index contributed by atoms with van der Waals surface area (Å²) in [4.78, 5) is 0.287. The van der Waals surface area contributed by atoms with Gasteiger partial charge in [-0.2, -0.15) is 4.31 Å². The smallest absolute Gasteiger partial charge is 0.243 e. The number of sulfonamides is 1. The molecule has 29 heavy (non-hydrogen) atoms. The summed E-state index contributed by atoms with van der Waals surface area (Å²) < 4.78 is 39.9. The molecule has 1 saturated heterocycles. The Morgan fingerprint density at radius 1 is 1.14 bits per heavy atom. The molecule has 0 amide bonds. The number of fused-ring (bicyclic) bond motifs is 1. The minimum Gasteiger partial charge on any atom is -0.494 e. The fraction of sp³-hybridized carbons (Fsp3) is 0.304. The van der Waals surface area contributed by atoms with Gasteiger partial charge in [-0.25, -0.2) is 8.42 Å². The SMILES string of the molecule is C=C1CN(S(=O)(=O)c2ccc(C)cc2)[C@H]2[C@@H]1C=CO[C@@H]2COCc1ccccc1. The van der Waals surface area contributed by atoms with E-state index in [4.69, 9.17) is 9.47 Å². The second-order valence-electron chi connectivity index (χ2n) is 7.54. The van der Waals surface area contributed by atoms with Gasteiger partial charge < -0.3 is 9.47 Å². The maximum absolute atomic E-state index is 13.4. The summed E-state index contributed by atoms with van der Waals surface area (Å²) in [5.74, 6) is -0.0747. The van der Waals surface area contributed by atoms with Gasteiger partial charge in [0.25, 0.3) is 0 Å². The maximum atomic E-state index is 13.4. The number of benzene rings is 2. The topological polar surface area (TPSA) is 55.8 Å². The van der Waals surface area contributed by atoms with E-state index >= 15 is 0 Å². The molecule has 2 heterocycles. The molecule has 2 aliphatic rings. The van der Waals surface area contributed by atoms with Crippen LogP contribution in [0.5, 0.6) is 0 Å². The molecule has 1 fully saturated rings. The second-order valence-corrected chi connectivity index (χ2v) is 9.43. The molecule has 0 unspecified atom stereocenters. The van der Waals surface area contributed by atoms with Crippen LogP contribution in [0.15, 0.2) is 84.0 Å². The molecule has 0 aromatic heterocycles. The van der Waals surface area contributed by atoms with Gasteiger partial charge in [0.1, 0.15) is 6.10 Å². The zero-order valence-electron chi connectivity index (χ0n) is 16.4. The number of hydrogen-bond donors (Lipinski definition) is 0. The van der Waals surface area contributed by atoms with Crippen LogP contribution >= 0.6 is 0 Å². The Balaban J connectivity index is 1.54. The first-order valence-corrected chi connectivity index (χ1v) is 11.1. The summed E-state index contributed by atoms with van der Waals surface area (Å²) >= 11 is 0. The van der Waals surface area contributed by atoms with E-state index < -0.39 is 16.1 Å². The lowest BCUT2D eigenvalue weighted by atomic mass is 9.92.